The number of nitrogens with zero attached hydrogens (tertiary/aromatic N) is 1. The Labute approximate surface area is 175 Å². The van der Waals surface area contributed by atoms with Gasteiger partial charge in [0.1, 0.15) is 0 Å². The number of aliphatic hydroxyl groups is 1. The van der Waals surface area contributed by atoms with Crippen LogP contribution < -0.4 is 16.4 Å². The van der Waals surface area contributed by atoms with Crippen molar-refractivity contribution in [2.45, 2.75) is 13.0 Å². The first-order valence-electron chi connectivity index (χ1n) is 9.61. The fourth-order valence-electron chi connectivity index (χ4n) is 2.99. The van der Waals surface area contributed by atoms with Crippen molar-refractivity contribution in [3.05, 3.63) is 94.8 Å². The molecule has 3 aromatic rings. The normalized spacial score (nSPS) is 10.4. The van der Waals surface area contributed by atoms with E-state index in [9.17, 15) is 9.59 Å². The van der Waals surface area contributed by atoms with E-state index in [1.165, 1.54) is 6.20 Å². The molecule has 7 heteroatoms. The molecule has 0 atom stereocenters. The molecule has 0 spiro atoms. The number of carbonyl (C=O) groups is 2. The van der Waals surface area contributed by atoms with Crippen molar-refractivity contribution in [2.24, 2.45) is 5.73 Å². The molecule has 0 radical (unpaired) electrons. The number of carbonyl (C=O) groups excluding carboxylic acids is 2. The number of anilines is 1. The molecular formula is C23H24N4O3. The minimum absolute atomic E-state index is 0.0998. The maximum Gasteiger partial charge on any atom is 0.252 e. The van der Waals surface area contributed by atoms with E-state index in [1.54, 1.807) is 12.1 Å². The third-order valence-electron chi connectivity index (χ3n) is 4.55. The van der Waals surface area contributed by atoms with Gasteiger partial charge < -0.3 is 21.5 Å². The van der Waals surface area contributed by atoms with Gasteiger partial charge in [0.25, 0.3) is 11.8 Å². The minimum atomic E-state index is -0.539. The molecule has 3 rings (SSSR count). The van der Waals surface area contributed by atoms with E-state index in [0.717, 1.165) is 16.8 Å². The Bertz CT molecular complexity index is 1000. The molecule has 7 nitrogen and oxygen atoms in total. The molecule has 2 amide bonds. The van der Waals surface area contributed by atoms with Crippen molar-refractivity contribution in [1.82, 2.24) is 10.3 Å². The standard InChI is InChI=1S/C23H24N4O3/c24-22(29)20-15-26-19(13-21(20)27-14-17-4-2-1-3-5-17)12-16-6-8-18(9-7-16)23(30)25-10-11-28/h1-9,13,15,28H,10-12,14H2,(H2,24,29)(H,25,30)(H,26,27). The summed E-state index contributed by atoms with van der Waals surface area (Å²) < 4.78 is 0. The Balaban J connectivity index is 1.72. The van der Waals surface area contributed by atoms with Gasteiger partial charge in [-0.05, 0) is 29.3 Å². The largest absolute Gasteiger partial charge is 0.395 e. The summed E-state index contributed by atoms with van der Waals surface area (Å²) in [6.45, 7) is 0.676. The summed E-state index contributed by atoms with van der Waals surface area (Å²) in [5, 5.41) is 14.7. The lowest BCUT2D eigenvalue weighted by Gasteiger charge is -2.12. The summed E-state index contributed by atoms with van der Waals surface area (Å²) in [5.41, 5.74) is 9.82. The van der Waals surface area contributed by atoms with Crippen molar-refractivity contribution in [2.75, 3.05) is 18.5 Å². The van der Waals surface area contributed by atoms with Crippen LogP contribution in [0.2, 0.25) is 0 Å². The molecule has 0 saturated heterocycles. The van der Waals surface area contributed by atoms with Crippen LogP contribution in [-0.4, -0.2) is 35.1 Å². The van der Waals surface area contributed by atoms with Crippen molar-refractivity contribution in [3.8, 4) is 0 Å². The summed E-state index contributed by atoms with van der Waals surface area (Å²) in [4.78, 5) is 28.1. The van der Waals surface area contributed by atoms with E-state index in [1.807, 2.05) is 48.5 Å². The summed E-state index contributed by atoms with van der Waals surface area (Å²) in [6.07, 6.45) is 2.03. The number of primary amides is 1. The average molecular weight is 404 g/mol. The van der Waals surface area contributed by atoms with Gasteiger partial charge >= 0.3 is 0 Å². The van der Waals surface area contributed by atoms with Gasteiger partial charge in [0.15, 0.2) is 0 Å². The molecule has 2 aromatic carbocycles. The van der Waals surface area contributed by atoms with Gasteiger partial charge in [-0.15, -0.1) is 0 Å². The van der Waals surface area contributed by atoms with Crippen LogP contribution in [0.15, 0.2) is 66.9 Å². The highest BCUT2D eigenvalue weighted by Crippen LogP contribution is 2.19. The molecule has 0 aliphatic heterocycles. The second-order valence-electron chi connectivity index (χ2n) is 6.78. The maximum atomic E-state index is 11.9. The molecule has 30 heavy (non-hydrogen) atoms. The van der Waals surface area contributed by atoms with Gasteiger partial charge in [0, 0.05) is 37.0 Å². The summed E-state index contributed by atoms with van der Waals surface area (Å²) >= 11 is 0. The predicted molar refractivity (Wildman–Crippen MR) is 115 cm³/mol. The number of hydrogen-bond acceptors (Lipinski definition) is 5. The first-order valence-corrected chi connectivity index (χ1v) is 9.61. The zero-order valence-corrected chi connectivity index (χ0v) is 16.5. The second-order valence-corrected chi connectivity index (χ2v) is 6.78. The predicted octanol–water partition coefficient (Wildman–Crippen LogP) is 2.11. The minimum Gasteiger partial charge on any atom is -0.395 e. The Morgan fingerprint density at radius 3 is 2.40 bits per heavy atom. The molecule has 154 valence electrons. The van der Waals surface area contributed by atoms with Crippen LogP contribution in [0.3, 0.4) is 0 Å². The van der Waals surface area contributed by atoms with Gasteiger partial charge in [-0.25, -0.2) is 0 Å². The molecule has 0 bridgehead atoms. The molecule has 1 aromatic heterocycles. The van der Waals surface area contributed by atoms with Crippen LogP contribution >= 0.6 is 0 Å². The molecule has 0 fully saturated rings. The average Bonchev–Trinajstić information content (AvgIpc) is 2.77. The van der Waals surface area contributed by atoms with Crippen LogP contribution in [0.5, 0.6) is 0 Å². The van der Waals surface area contributed by atoms with Crippen LogP contribution in [0.4, 0.5) is 5.69 Å². The quantitative estimate of drug-likeness (QED) is 0.436. The smallest absolute Gasteiger partial charge is 0.252 e. The molecule has 0 aliphatic carbocycles. The Hall–Kier alpha value is -3.71. The zero-order chi connectivity index (χ0) is 21.3. The number of nitrogens with one attached hydrogen (secondary N) is 2. The molecule has 1 heterocycles. The van der Waals surface area contributed by atoms with Crippen molar-refractivity contribution < 1.29 is 14.7 Å². The maximum absolute atomic E-state index is 11.9. The third-order valence-corrected chi connectivity index (χ3v) is 4.55. The SMILES string of the molecule is NC(=O)c1cnc(Cc2ccc(C(=O)NCCO)cc2)cc1NCc1ccccc1. The Morgan fingerprint density at radius 1 is 1.00 bits per heavy atom. The molecule has 0 aliphatic rings. The zero-order valence-electron chi connectivity index (χ0n) is 16.5. The Morgan fingerprint density at radius 2 is 1.73 bits per heavy atom. The van der Waals surface area contributed by atoms with Crippen LogP contribution in [-0.2, 0) is 13.0 Å². The lowest BCUT2D eigenvalue weighted by Crippen LogP contribution is -2.26. The summed E-state index contributed by atoms with van der Waals surface area (Å²) in [5.74, 6) is -0.769. The fourth-order valence-corrected chi connectivity index (χ4v) is 2.99. The summed E-state index contributed by atoms with van der Waals surface area (Å²) in [6, 6.07) is 18.9. The van der Waals surface area contributed by atoms with Gasteiger partial charge in [-0.3, -0.25) is 14.6 Å². The van der Waals surface area contributed by atoms with E-state index >= 15 is 0 Å². The van der Waals surface area contributed by atoms with E-state index in [0.29, 0.717) is 29.8 Å². The fraction of sp³-hybridized carbons (Fsp3) is 0.174. The molecule has 0 unspecified atom stereocenters. The number of aromatic nitrogens is 1. The highest BCUT2D eigenvalue weighted by atomic mass is 16.3. The van der Waals surface area contributed by atoms with E-state index < -0.39 is 5.91 Å². The Kier molecular flexibility index (Phi) is 7.13. The van der Waals surface area contributed by atoms with Gasteiger partial charge in [0.2, 0.25) is 0 Å². The lowest BCUT2D eigenvalue weighted by molar-refractivity contribution is 0.0943. The molecule has 5 N–H and O–H groups in total. The van der Waals surface area contributed by atoms with E-state index in [2.05, 4.69) is 15.6 Å². The molecular weight excluding hydrogens is 380 g/mol. The second kappa shape index (κ2) is 10.2. The van der Waals surface area contributed by atoms with Gasteiger partial charge in [-0.2, -0.15) is 0 Å². The number of aliphatic hydroxyl groups excluding tert-OH is 1. The van der Waals surface area contributed by atoms with Crippen LogP contribution in [0.25, 0.3) is 0 Å². The van der Waals surface area contributed by atoms with Crippen LogP contribution in [0.1, 0.15) is 37.5 Å². The molecule has 0 saturated carbocycles. The lowest BCUT2D eigenvalue weighted by atomic mass is 10.0. The van der Waals surface area contributed by atoms with Crippen molar-refractivity contribution in [1.29, 1.82) is 0 Å². The number of pyridine rings is 1. The topological polar surface area (TPSA) is 117 Å². The van der Waals surface area contributed by atoms with Crippen molar-refractivity contribution in [3.63, 3.8) is 0 Å². The number of amides is 2. The number of benzene rings is 2. The summed E-state index contributed by atoms with van der Waals surface area (Å²) in [7, 11) is 0. The first-order chi connectivity index (χ1) is 14.6. The van der Waals surface area contributed by atoms with Crippen molar-refractivity contribution >= 4 is 17.5 Å². The third kappa shape index (κ3) is 5.65. The van der Waals surface area contributed by atoms with E-state index in [-0.39, 0.29) is 19.1 Å². The van der Waals surface area contributed by atoms with E-state index in [4.69, 9.17) is 10.8 Å². The highest BCUT2D eigenvalue weighted by Gasteiger charge is 2.11. The number of rotatable bonds is 9. The van der Waals surface area contributed by atoms with Gasteiger partial charge in [0.05, 0.1) is 17.9 Å². The first kappa shape index (κ1) is 21.0. The number of hydrogen-bond donors (Lipinski definition) is 4. The van der Waals surface area contributed by atoms with Gasteiger partial charge in [-0.1, -0.05) is 42.5 Å². The number of nitrogens with two attached hydrogens (primary N) is 1. The highest BCUT2D eigenvalue weighted by molar-refractivity contribution is 5.98. The monoisotopic (exact) mass is 404 g/mol. The van der Waals surface area contributed by atoms with Crippen LogP contribution in [0, 0.1) is 0 Å².